The van der Waals surface area contributed by atoms with Crippen LogP contribution < -0.4 is 16.0 Å². The third-order valence-electron chi connectivity index (χ3n) is 3.48. The molecule has 1 aromatic rings. The first-order valence-electron chi connectivity index (χ1n) is 6.32. The van der Waals surface area contributed by atoms with Crippen molar-refractivity contribution in [1.29, 1.82) is 0 Å². The Morgan fingerprint density at radius 3 is 2.44 bits per heavy atom. The van der Waals surface area contributed by atoms with E-state index >= 15 is 0 Å². The molecule has 0 heterocycles. The summed E-state index contributed by atoms with van der Waals surface area (Å²) in [6.07, 6.45) is 0.682. The topological polar surface area (TPSA) is 58.4 Å². The molecule has 18 heavy (non-hydrogen) atoms. The van der Waals surface area contributed by atoms with Crippen LogP contribution in [0.3, 0.4) is 0 Å². The van der Waals surface area contributed by atoms with E-state index in [2.05, 4.69) is 29.3 Å². The molecule has 3 N–H and O–H groups in total. The predicted molar refractivity (Wildman–Crippen MR) is 75.6 cm³/mol. The van der Waals surface area contributed by atoms with Crippen molar-refractivity contribution in [2.24, 2.45) is 5.73 Å². The summed E-state index contributed by atoms with van der Waals surface area (Å²) in [6, 6.07) is 10.2. The summed E-state index contributed by atoms with van der Waals surface area (Å²) in [5, 5.41) is 3.01. The molecule has 1 atom stereocenters. The van der Waals surface area contributed by atoms with Crippen LogP contribution in [0.2, 0.25) is 0 Å². The number of para-hydroxylation sites is 1. The zero-order valence-electron chi connectivity index (χ0n) is 11.4. The van der Waals surface area contributed by atoms with Gasteiger partial charge in [-0.15, -0.1) is 0 Å². The van der Waals surface area contributed by atoms with Gasteiger partial charge in [0.2, 0.25) is 5.91 Å². The van der Waals surface area contributed by atoms with E-state index in [1.165, 1.54) is 5.69 Å². The number of primary amides is 1. The van der Waals surface area contributed by atoms with Crippen LogP contribution in [-0.2, 0) is 4.79 Å². The molecule has 0 aliphatic carbocycles. The van der Waals surface area contributed by atoms with Crippen molar-refractivity contribution in [3.63, 3.8) is 0 Å². The molecule has 4 nitrogen and oxygen atoms in total. The molecule has 0 aliphatic rings. The van der Waals surface area contributed by atoms with Crippen LogP contribution >= 0.6 is 0 Å². The maximum atomic E-state index is 11.4. The number of rotatable bonds is 7. The monoisotopic (exact) mass is 249 g/mol. The van der Waals surface area contributed by atoms with Gasteiger partial charge in [-0.3, -0.25) is 4.79 Å². The Morgan fingerprint density at radius 2 is 2.00 bits per heavy atom. The number of amides is 1. The van der Waals surface area contributed by atoms with Crippen molar-refractivity contribution in [2.75, 3.05) is 25.0 Å². The fourth-order valence-electron chi connectivity index (χ4n) is 1.84. The Morgan fingerprint density at radius 1 is 1.39 bits per heavy atom. The van der Waals surface area contributed by atoms with Gasteiger partial charge in [-0.2, -0.15) is 0 Å². The second kappa shape index (κ2) is 6.40. The molecule has 1 rings (SSSR count). The molecule has 0 bridgehead atoms. The van der Waals surface area contributed by atoms with Gasteiger partial charge in [0.05, 0.1) is 5.54 Å². The number of carbonyl (C=O) groups is 1. The number of likely N-dealkylation sites (N-methyl/N-ethyl adjacent to an activating group) is 1. The molecule has 0 aliphatic heterocycles. The third-order valence-corrected chi connectivity index (χ3v) is 3.48. The highest BCUT2D eigenvalue weighted by Crippen LogP contribution is 2.16. The van der Waals surface area contributed by atoms with Crippen LogP contribution in [0.1, 0.15) is 20.3 Å². The fourth-order valence-corrected chi connectivity index (χ4v) is 1.84. The standard InChI is InChI=1S/C14H23N3O/c1-4-17(12-8-6-5-7-9-12)11-10-14(2,16-3)13(15)18/h5-9,16H,4,10-11H2,1-3H3,(H2,15,18). The van der Waals surface area contributed by atoms with Crippen molar-refractivity contribution in [3.05, 3.63) is 30.3 Å². The maximum Gasteiger partial charge on any atom is 0.237 e. The third kappa shape index (κ3) is 3.47. The highest BCUT2D eigenvalue weighted by molar-refractivity contribution is 5.84. The van der Waals surface area contributed by atoms with E-state index in [-0.39, 0.29) is 5.91 Å². The summed E-state index contributed by atoms with van der Waals surface area (Å²) in [4.78, 5) is 13.7. The molecule has 0 saturated heterocycles. The molecular formula is C14H23N3O. The lowest BCUT2D eigenvalue weighted by Gasteiger charge is -2.30. The Kier molecular flexibility index (Phi) is 5.16. The molecule has 4 heteroatoms. The molecule has 0 saturated carbocycles. The summed E-state index contributed by atoms with van der Waals surface area (Å²) in [5.74, 6) is -0.311. The van der Waals surface area contributed by atoms with Crippen molar-refractivity contribution in [2.45, 2.75) is 25.8 Å². The van der Waals surface area contributed by atoms with Gasteiger partial charge in [0, 0.05) is 18.8 Å². The first-order chi connectivity index (χ1) is 8.53. The van der Waals surface area contributed by atoms with E-state index in [1.807, 2.05) is 25.1 Å². The van der Waals surface area contributed by atoms with Crippen molar-refractivity contribution < 1.29 is 4.79 Å². The van der Waals surface area contributed by atoms with Crippen LogP contribution in [-0.4, -0.2) is 31.6 Å². The van der Waals surface area contributed by atoms with Gasteiger partial charge in [0.1, 0.15) is 0 Å². The Labute approximate surface area is 109 Å². The van der Waals surface area contributed by atoms with Crippen LogP contribution in [0, 0.1) is 0 Å². The van der Waals surface area contributed by atoms with Gasteiger partial charge < -0.3 is 16.0 Å². The van der Waals surface area contributed by atoms with Gasteiger partial charge >= 0.3 is 0 Å². The van der Waals surface area contributed by atoms with Gasteiger partial charge in [-0.05, 0) is 39.4 Å². The largest absolute Gasteiger partial charge is 0.372 e. The van der Waals surface area contributed by atoms with E-state index in [4.69, 9.17) is 5.73 Å². The second-order valence-electron chi connectivity index (χ2n) is 4.61. The number of anilines is 1. The Balaban J connectivity index is 2.68. The first kappa shape index (κ1) is 14.5. The van der Waals surface area contributed by atoms with E-state index in [0.717, 1.165) is 13.1 Å². The van der Waals surface area contributed by atoms with Gasteiger partial charge in [-0.25, -0.2) is 0 Å². The zero-order valence-corrected chi connectivity index (χ0v) is 11.4. The van der Waals surface area contributed by atoms with E-state index < -0.39 is 5.54 Å². The van der Waals surface area contributed by atoms with Crippen molar-refractivity contribution in [1.82, 2.24) is 5.32 Å². The van der Waals surface area contributed by atoms with E-state index in [0.29, 0.717) is 6.42 Å². The minimum Gasteiger partial charge on any atom is -0.372 e. The van der Waals surface area contributed by atoms with E-state index in [9.17, 15) is 4.79 Å². The highest BCUT2D eigenvalue weighted by Gasteiger charge is 2.29. The Bertz CT molecular complexity index is 380. The lowest BCUT2D eigenvalue weighted by molar-refractivity contribution is -0.123. The molecule has 0 aromatic heterocycles. The molecule has 0 spiro atoms. The number of hydrogen-bond donors (Lipinski definition) is 2. The molecule has 1 aromatic carbocycles. The predicted octanol–water partition coefficient (Wildman–Crippen LogP) is 1.37. The number of nitrogens with zero attached hydrogens (tertiary/aromatic N) is 1. The maximum absolute atomic E-state index is 11.4. The molecule has 0 fully saturated rings. The summed E-state index contributed by atoms with van der Waals surface area (Å²) in [7, 11) is 1.77. The average molecular weight is 249 g/mol. The zero-order chi connectivity index (χ0) is 13.6. The van der Waals surface area contributed by atoms with Crippen LogP contribution in [0.5, 0.6) is 0 Å². The summed E-state index contributed by atoms with van der Waals surface area (Å²) in [5.41, 5.74) is 5.95. The minimum absolute atomic E-state index is 0.311. The molecule has 100 valence electrons. The van der Waals surface area contributed by atoms with Gasteiger partial charge in [0.25, 0.3) is 0 Å². The number of nitrogens with two attached hydrogens (primary N) is 1. The highest BCUT2D eigenvalue weighted by atomic mass is 16.1. The average Bonchev–Trinajstić information content (AvgIpc) is 2.40. The fraction of sp³-hybridized carbons (Fsp3) is 0.500. The summed E-state index contributed by atoms with van der Waals surface area (Å²) >= 11 is 0. The van der Waals surface area contributed by atoms with Crippen molar-refractivity contribution in [3.8, 4) is 0 Å². The van der Waals surface area contributed by atoms with E-state index in [1.54, 1.807) is 7.05 Å². The van der Waals surface area contributed by atoms with Crippen molar-refractivity contribution >= 4 is 11.6 Å². The minimum atomic E-state index is -0.651. The smallest absolute Gasteiger partial charge is 0.237 e. The molecule has 1 amide bonds. The Hall–Kier alpha value is -1.55. The lowest BCUT2D eigenvalue weighted by atomic mass is 9.97. The number of hydrogen-bond acceptors (Lipinski definition) is 3. The molecule has 1 unspecified atom stereocenters. The van der Waals surface area contributed by atoms with Gasteiger partial charge in [-0.1, -0.05) is 18.2 Å². The first-order valence-corrected chi connectivity index (χ1v) is 6.32. The number of nitrogens with one attached hydrogen (secondary N) is 1. The molecular weight excluding hydrogens is 226 g/mol. The SMILES string of the molecule is CCN(CCC(C)(NC)C(N)=O)c1ccccc1. The summed E-state index contributed by atoms with van der Waals surface area (Å²) in [6.45, 7) is 5.64. The normalized spacial score (nSPS) is 13.9. The van der Waals surface area contributed by atoms with Crippen LogP contribution in [0.25, 0.3) is 0 Å². The molecule has 0 radical (unpaired) electrons. The quantitative estimate of drug-likeness (QED) is 0.767. The number of benzene rings is 1. The van der Waals surface area contributed by atoms with Crippen LogP contribution in [0.15, 0.2) is 30.3 Å². The lowest BCUT2D eigenvalue weighted by Crippen LogP contribution is -2.53. The second-order valence-corrected chi connectivity index (χ2v) is 4.61. The number of carbonyl (C=O) groups excluding carboxylic acids is 1. The van der Waals surface area contributed by atoms with Crippen LogP contribution in [0.4, 0.5) is 5.69 Å². The summed E-state index contributed by atoms with van der Waals surface area (Å²) < 4.78 is 0. The van der Waals surface area contributed by atoms with Gasteiger partial charge in [0.15, 0.2) is 0 Å².